The first-order valence-electron chi connectivity index (χ1n) is 12.2. The molecule has 0 spiro atoms. The van der Waals surface area contributed by atoms with E-state index in [0.717, 1.165) is 12.0 Å². The Morgan fingerprint density at radius 1 is 1.11 bits per heavy atom. The van der Waals surface area contributed by atoms with Crippen molar-refractivity contribution >= 4 is 23.2 Å². The Morgan fingerprint density at radius 2 is 1.95 bits per heavy atom. The Kier molecular flexibility index (Phi) is 7.74. The Bertz CT molecular complexity index is 1390. The number of rotatable bonds is 9. The van der Waals surface area contributed by atoms with Crippen LogP contribution in [0.3, 0.4) is 0 Å². The van der Waals surface area contributed by atoms with Crippen LogP contribution in [0.1, 0.15) is 32.6 Å². The van der Waals surface area contributed by atoms with Crippen LogP contribution in [0, 0.1) is 5.82 Å². The average Bonchev–Trinajstić information content (AvgIpc) is 3.63. The highest BCUT2D eigenvalue weighted by Gasteiger charge is 2.34. The zero-order valence-corrected chi connectivity index (χ0v) is 21.7. The van der Waals surface area contributed by atoms with Gasteiger partial charge in [-0.05, 0) is 72.0 Å². The first-order chi connectivity index (χ1) is 18.5. The number of hydrogen-bond donors (Lipinski definition) is 0. The lowest BCUT2D eigenvalue weighted by Crippen LogP contribution is -2.47. The molecule has 4 aromatic rings. The summed E-state index contributed by atoms with van der Waals surface area (Å²) in [7, 11) is 1.56. The van der Waals surface area contributed by atoms with E-state index in [1.807, 2.05) is 11.4 Å². The summed E-state index contributed by atoms with van der Waals surface area (Å²) in [6.45, 7) is 0.672. The third-order valence-corrected chi connectivity index (χ3v) is 7.49. The number of halogens is 1. The van der Waals surface area contributed by atoms with E-state index >= 15 is 0 Å². The monoisotopic (exact) mass is 534 g/mol. The van der Waals surface area contributed by atoms with Crippen molar-refractivity contribution in [3.63, 3.8) is 0 Å². The molecule has 196 valence electrons. The summed E-state index contributed by atoms with van der Waals surface area (Å²) in [6.07, 6.45) is 2.26. The summed E-state index contributed by atoms with van der Waals surface area (Å²) in [5.74, 6) is 0.719. The molecule has 0 N–H and O–H groups in total. The molecule has 0 bridgehead atoms. The van der Waals surface area contributed by atoms with Gasteiger partial charge in [-0.2, -0.15) is 0 Å². The third-order valence-electron chi connectivity index (χ3n) is 6.50. The Balaban J connectivity index is 1.37. The highest BCUT2D eigenvalue weighted by Crippen LogP contribution is 2.34. The molecule has 5 rings (SSSR count). The summed E-state index contributed by atoms with van der Waals surface area (Å²) >= 11 is 1.65. The second-order valence-electron chi connectivity index (χ2n) is 8.89. The fraction of sp³-hybridized carbons (Fsp3) is 0.241. The summed E-state index contributed by atoms with van der Waals surface area (Å²) in [5.41, 5.74) is 1.46. The van der Waals surface area contributed by atoms with Gasteiger partial charge < -0.3 is 23.7 Å². The van der Waals surface area contributed by atoms with Crippen molar-refractivity contribution in [2.45, 2.75) is 19.0 Å². The standard InChI is InChI=1S/C29H27FN2O5S/c1-35-22-9-7-20(8-10-22)29(34)31(17-24-6-3-14-36-24)18-28(33)32-13-11-27-25(12-15-38-27)26(32)19-37-23-5-2-4-21(30)16-23/h2-10,12,14-16,26H,11,13,17-19H2,1H3/t26-/m0/s1. The lowest BCUT2D eigenvalue weighted by atomic mass is 10.0. The molecule has 0 aliphatic carbocycles. The highest BCUT2D eigenvalue weighted by atomic mass is 32.1. The molecule has 0 saturated heterocycles. The van der Waals surface area contributed by atoms with Crippen LogP contribution in [0.4, 0.5) is 4.39 Å². The van der Waals surface area contributed by atoms with Gasteiger partial charge in [-0.25, -0.2) is 4.39 Å². The second kappa shape index (κ2) is 11.5. The zero-order chi connectivity index (χ0) is 26.5. The largest absolute Gasteiger partial charge is 0.497 e. The molecule has 0 fully saturated rings. The van der Waals surface area contributed by atoms with Gasteiger partial charge in [0.25, 0.3) is 5.91 Å². The van der Waals surface area contributed by atoms with E-state index in [4.69, 9.17) is 13.9 Å². The average molecular weight is 535 g/mol. The van der Waals surface area contributed by atoms with Gasteiger partial charge in [0.05, 0.1) is 26.0 Å². The van der Waals surface area contributed by atoms with Crippen molar-refractivity contribution < 1.29 is 27.9 Å². The molecular formula is C29H27FN2O5S. The van der Waals surface area contributed by atoms with Gasteiger partial charge >= 0.3 is 0 Å². The molecule has 1 atom stereocenters. The van der Waals surface area contributed by atoms with Gasteiger partial charge in [-0.1, -0.05) is 6.07 Å². The number of methoxy groups -OCH3 is 1. The van der Waals surface area contributed by atoms with Crippen molar-refractivity contribution in [3.05, 3.63) is 106 Å². The molecule has 7 nitrogen and oxygen atoms in total. The number of carbonyl (C=O) groups excluding carboxylic acids is 2. The minimum Gasteiger partial charge on any atom is -0.497 e. The van der Waals surface area contributed by atoms with Crippen LogP contribution in [-0.2, 0) is 17.8 Å². The molecule has 38 heavy (non-hydrogen) atoms. The van der Waals surface area contributed by atoms with Crippen LogP contribution < -0.4 is 9.47 Å². The smallest absolute Gasteiger partial charge is 0.254 e. The normalized spacial score (nSPS) is 14.6. The van der Waals surface area contributed by atoms with E-state index in [9.17, 15) is 14.0 Å². The highest BCUT2D eigenvalue weighted by molar-refractivity contribution is 7.10. The van der Waals surface area contributed by atoms with Crippen LogP contribution in [0.5, 0.6) is 11.5 Å². The van der Waals surface area contributed by atoms with E-state index in [2.05, 4.69) is 0 Å². The first kappa shape index (κ1) is 25.5. The molecule has 2 aromatic carbocycles. The number of hydrogen-bond acceptors (Lipinski definition) is 6. The topological polar surface area (TPSA) is 72.2 Å². The maximum absolute atomic E-state index is 13.8. The van der Waals surface area contributed by atoms with Crippen LogP contribution in [-0.4, -0.2) is 48.4 Å². The van der Waals surface area contributed by atoms with E-state index in [1.54, 1.807) is 71.9 Å². The van der Waals surface area contributed by atoms with Gasteiger partial charge in [-0.15, -0.1) is 11.3 Å². The minimum absolute atomic E-state index is 0.137. The number of amides is 2. The molecule has 3 heterocycles. The van der Waals surface area contributed by atoms with Gasteiger partial charge in [-0.3, -0.25) is 9.59 Å². The van der Waals surface area contributed by atoms with E-state index < -0.39 is 0 Å². The van der Waals surface area contributed by atoms with Crippen molar-refractivity contribution in [2.24, 2.45) is 0 Å². The fourth-order valence-corrected chi connectivity index (χ4v) is 5.50. The van der Waals surface area contributed by atoms with Gasteiger partial charge in [0.2, 0.25) is 5.91 Å². The van der Waals surface area contributed by atoms with Crippen LogP contribution >= 0.6 is 11.3 Å². The van der Waals surface area contributed by atoms with E-state index in [-0.39, 0.29) is 43.4 Å². The number of thiophene rings is 1. The fourth-order valence-electron chi connectivity index (χ4n) is 4.57. The Labute approximate surface area is 224 Å². The molecule has 0 saturated carbocycles. The van der Waals surface area contributed by atoms with Gasteiger partial charge in [0.1, 0.15) is 36.2 Å². The number of nitrogens with zero attached hydrogens (tertiary/aromatic N) is 2. The molecule has 0 radical (unpaired) electrons. The summed E-state index contributed by atoms with van der Waals surface area (Å²) in [5, 5.41) is 2.00. The summed E-state index contributed by atoms with van der Waals surface area (Å²) < 4.78 is 30.3. The lowest BCUT2D eigenvalue weighted by Gasteiger charge is -2.37. The molecule has 2 amide bonds. The zero-order valence-electron chi connectivity index (χ0n) is 20.8. The van der Waals surface area contributed by atoms with E-state index in [0.29, 0.717) is 29.4 Å². The molecule has 2 aromatic heterocycles. The predicted molar refractivity (Wildman–Crippen MR) is 141 cm³/mol. The minimum atomic E-state index is -0.388. The molecular weight excluding hydrogens is 507 g/mol. The second-order valence-corrected chi connectivity index (χ2v) is 9.89. The summed E-state index contributed by atoms with van der Waals surface area (Å²) in [4.78, 5) is 31.7. The van der Waals surface area contributed by atoms with Crippen LogP contribution in [0.25, 0.3) is 0 Å². The molecule has 1 aliphatic rings. The number of benzene rings is 2. The Morgan fingerprint density at radius 3 is 2.68 bits per heavy atom. The SMILES string of the molecule is COc1ccc(C(=O)N(CC(=O)N2CCc3sccc3[C@@H]2COc2cccc(F)c2)Cc2ccco2)cc1. The first-order valence-corrected chi connectivity index (χ1v) is 13.1. The van der Waals surface area contributed by atoms with Gasteiger partial charge in [0, 0.05) is 23.1 Å². The van der Waals surface area contributed by atoms with Crippen molar-refractivity contribution in [1.82, 2.24) is 9.80 Å². The van der Waals surface area contributed by atoms with E-state index in [1.165, 1.54) is 28.2 Å². The third kappa shape index (κ3) is 5.73. The van der Waals surface area contributed by atoms with Crippen LogP contribution in [0.2, 0.25) is 0 Å². The number of carbonyl (C=O) groups is 2. The van der Waals surface area contributed by atoms with Crippen molar-refractivity contribution in [2.75, 3.05) is 26.8 Å². The predicted octanol–water partition coefficient (Wildman–Crippen LogP) is 5.34. The number of fused-ring (bicyclic) bond motifs is 1. The maximum Gasteiger partial charge on any atom is 0.254 e. The molecule has 9 heteroatoms. The lowest BCUT2D eigenvalue weighted by molar-refractivity contribution is -0.135. The van der Waals surface area contributed by atoms with Gasteiger partial charge in [0.15, 0.2) is 0 Å². The number of ether oxygens (including phenoxy) is 2. The molecule has 1 aliphatic heterocycles. The quantitative estimate of drug-likeness (QED) is 0.290. The Hall–Kier alpha value is -4.11. The van der Waals surface area contributed by atoms with Crippen molar-refractivity contribution in [1.29, 1.82) is 0 Å². The summed E-state index contributed by atoms with van der Waals surface area (Å²) in [6, 6.07) is 17.9. The molecule has 0 unspecified atom stereocenters. The van der Waals surface area contributed by atoms with Crippen molar-refractivity contribution in [3.8, 4) is 11.5 Å². The number of furan rings is 1. The maximum atomic E-state index is 13.8. The van der Waals surface area contributed by atoms with Crippen LogP contribution in [0.15, 0.2) is 82.8 Å².